The summed E-state index contributed by atoms with van der Waals surface area (Å²) < 4.78 is 0.557. The second-order valence-electron chi connectivity index (χ2n) is 5.95. The van der Waals surface area contributed by atoms with Gasteiger partial charge < -0.3 is 5.32 Å². The number of nitrogens with one attached hydrogen (secondary N) is 1. The molecule has 0 bridgehead atoms. The lowest BCUT2D eigenvalue weighted by Gasteiger charge is -2.35. The minimum Gasteiger partial charge on any atom is -0.314 e. The van der Waals surface area contributed by atoms with Gasteiger partial charge in [0.1, 0.15) is 0 Å². The first-order chi connectivity index (χ1) is 10.1. The first-order valence-corrected chi connectivity index (χ1v) is 8.33. The molecule has 2 aliphatic rings. The molecule has 21 heavy (non-hydrogen) atoms. The normalized spacial score (nSPS) is 21.2. The van der Waals surface area contributed by atoms with Crippen LogP contribution in [0.2, 0.25) is 0 Å². The Morgan fingerprint density at radius 3 is 2.71 bits per heavy atom. The monoisotopic (exact) mass is 353 g/mol. The van der Waals surface area contributed by atoms with Gasteiger partial charge >= 0.3 is 0 Å². The van der Waals surface area contributed by atoms with Crippen molar-refractivity contribution in [3.63, 3.8) is 0 Å². The maximum absolute atomic E-state index is 11.2. The van der Waals surface area contributed by atoms with Gasteiger partial charge in [0.25, 0.3) is 5.69 Å². The molecule has 1 heterocycles. The standard InChI is InChI=1S/C15H20BrN3O2/c16-13-4-3-12(10-15(13)19(20)21)14(9-11-1-2-11)18-7-5-17-6-8-18/h3-4,10-11,14,17H,1-2,5-9H2/t14-/m1/s1. The second kappa shape index (κ2) is 6.42. The van der Waals surface area contributed by atoms with Crippen LogP contribution in [0.5, 0.6) is 0 Å². The van der Waals surface area contributed by atoms with Crippen LogP contribution >= 0.6 is 15.9 Å². The van der Waals surface area contributed by atoms with Gasteiger partial charge in [-0.05, 0) is 39.9 Å². The molecular formula is C15H20BrN3O2. The van der Waals surface area contributed by atoms with E-state index in [4.69, 9.17) is 0 Å². The van der Waals surface area contributed by atoms with Crippen LogP contribution in [0.15, 0.2) is 22.7 Å². The number of hydrogen-bond acceptors (Lipinski definition) is 4. The highest BCUT2D eigenvalue weighted by atomic mass is 79.9. The zero-order valence-electron chi connectivity index (χ0n) is 11.9. The number of rotatable bonds is 5. The Morgan fingerprint density at radius 2 is 2.10 bits per heavy atom. The summed E-state index contributed by atoms with van der Waals surface area (Å²) in [5, 5.41) is 14.5. The summed E-state index contributed by atoms with van der Waals surface area (Å²) in [5.41, 5.74) is 1.25. The molecule has 2 fully saturated rings. The molecule has 0 amide bonds. The molecule has 1 aliphatic carbocycles. The van der Waals surface area contributed by atoms with Gasteiger partial charge in [-0.25, -0.2) is 0 Å². The topological polar surface area (TPSA) is 58.4 Å². The lowest BCUT2D eigenvalue weighted by molar-refractivity contribution is -0.385. The Kier molecular flexibility index (Phi) is 4.57. The minimum absolute atomic E-state index is 0.170. The predicted octanol–water partition coefficient (Wildman–Crippen LogP) is 3.10. The summed E-state index contributed by atoms with van der Waals surface area (Å²) in [6.45, 7) is 4.03. The molecule has 1 aliphatic heterocycles. The van der Waals surface area contributed by atoms with Crippen LogP contribution in [-0.4, -0.2) is 36.0 Å². The minimum atomic E-state index is -0.306. The van der Waals surface area contributed by atoms with Gasteiger partial charge in [-0.1, -0.05) is 18.9 Å². The van der Waals surface area contributed by atoms with Crippen molar-refractivity contribution in [1.29, 1.82) is 0 Å². The summed E-state index contributed by atoms with van der Waals surface area (Å²) in [6, 6.07) is 5.91. The van der Waals surface area contributed by atoms with Crippen LogP contribution in [0.4, 0.5) is 5.69 Å². The number of piperazine rings is 1. The molecule has 1 aromatic rings. The molecule has 114 valence electrons. The number of halogens is 1. The highest BCUT2D eigenvalue weighted by Gasteiger charge is 2.31. The van der Waals surface area contributed by atoms with Gasteiger partial charge in [-0.2, -0.15) is 0 Å². The molecule has 0 unspecified atom stereocenters. The molecule has 0 aromatic heterocycles. The molecule has 0 spiro atoms. The van der Waals surface area contributed by atoms with E-state index < -0.39 is 0 Å². The van der Waals surface area contributed by atoms with Crippen molar-refractivity contribution in [3.8, 4) is 0 Å². The van der Waals surface area contributed by atoms with E-state index in [0.29, 0.717) is 10.5 Å². The van der Waals surface area contributed by atoms with Crippen LogP contribution in [0.3, 0.4) is 0 Å². The molecule has 1 N–H and O–H groups in total. The van der Waals surface area contributed by atoms with Crippen molar-refractivity contribution >= 4 is 21.6 Å². The molecule has 0 radical (unpaired) electrons. The molecule has 6 heteroatoms. The number of nitrogens with zero attached hydrogens (tertiary/aromatic N) is 2. The van der Waals surface area contributed by atoms with Gasteiger partial charge in [0, 0.05) is 38.3 Å². The summed E-state index contributed by atoms with van der Waals surface area (Å²) in [6.07, 6.45) is 3.74. The molecule has 1 aromatic carbocycles. The third kappa shape index (κ3) is 3.62. The number of nitro benzene ring substituents is 1. The largest absolute Gasteiger partial charge is 0.314 e. The van der Waals surface area contributed by atoms with Crippen molar-refractivity contribution < 1.29 is 4.92 Å². The lowest BCUT2D eigenvalue weighted by Crippen LogP contribution is -2.45. The average molecular weight is 354 g/mol. The zero-order chi connectivity index (χ0) is 14.8. The van der Waals surface area contributed by atoms with Gasteiger partial charge in [-0.15, -0.1) is 0 Å². The third-order valence-corrected chi connectivity index (χ3v) is 5.07. The van der Waals surface area contributed by atoms with E-state index >= 15 is 0 Å². The van der Waals surface area contributed by atoms with E-state index in [1.54, 1.807) is 6.07 Å². The lowest BCUT2D eigenvalue weighted by atomic mass is 9.98. The number of benzene rings is 1. The summed E-state index contributed by atoms with van der Waals surface area (Å²) in [4.78, 5) is 13.3. The number of hydrogen-bond donors (Lipinski definition) is 1. The fourth-order valence-corrected chi connectivity index (χ4v) is 3.43. The fourth-order valence-electron chi connectivity index (χ4n) is 3.04. The Balaban J connectivity index is 1.87. The summed E-state index contributed by atoms with van der Waals surface area (Å²) in [7, 11) is 0. The quantitative estimate of drug-likeness (QED) is 0.652. The van der Waals surface area contributed by atoms with Crippen molar-refractivity contribution in [1.82, 2.24) is 10.2 Å². The van der Waals surface area contributed by atoms with Crippen LogP contribution < -0.4 is 5.32 Å². The average Bonchev–Trinajstić information content (AvgIpc) is 3.30. The van der Waals surface area contributed by atoms with Crippen molar-refractivity contribution in [3.05, 3.63) is 38.3 Å². The molecular weight excluding hydrogens is 334 g/mol. The molecule has 1 atom stereocenters. The molecule has 3 rings (SSSR count). The van der Waals surface area contributed by atoms with E-state index in [1.165, 1.54) is 12.8 Å². The zero-order valence-corrected chi connectivity index (χ0v) is 13.5. The van der Waals surface area contributed by atoms with E-state index in [0.717, 1.165) is 44.1 Å². The van der Waals surface area contributed by atoms with Gasteiger partial charge in [-0.3, -0.25) is 15.0 Å². The third-order valence-electron chi connectivity index (χ3n) is 4.40. The maximum atomic E-state index is 11.2. The molecule has 1 saturated carbocycles. The van der Waals surface area contributed by atoms with E-state index in [9.17, 15) is 10.1 Å². The van der Waals surface area contributed by atoms with E-state index in [1.807, 2.05) is 12.1 Å². The predicted molar refractivity (Wildman–Crippen MR) is 85.3 cm³/mol. The van der Waals surface area contributed by atoms with Gasteiger partial charge in [0.15, 0.2) is 0 Å². The Morgan fingerprint density at radius 1 is 1.38 bits per heavy atom. The Hall–Kier alpha value is -0.980. The highest BCUT2D eigenvalue weighted by Crippen LogP contribution is 2.41. The second-order valence-corrected chi connectivity index (χ2v) is 6.80. The van der Waals surface area contributed by atoms with Crippen LogP contribution in [0, 0.1) is 16.0 Å². The molecule has 5 nitrogen and oxygen atoms in total. The highest BCUT2D eigenvalue weighted by molar-refractivity contribution is 9.10. The van der Waals surface area contributed by atoms with Crippen LogP contribution in [0.1, 0.15) is 30.9 Å². The molecule has 1 saturated heterocycles. The van der Waals surface area contributed by atoms with Crippen molar-refractivity contribution in [2.75, 3.05) is 26.2 Å². The van der Waals surface area contributed by atoms with E-state index in [2.05, 4.69) is 26.1 Å². The Labute approximate surface area is 133 Å². The van der Waals surface area contributed by atoms with Crippen LogP contribution in [0.25, 0.3) is 0 Å². The summed E-state index contributed by atoms with van der Waals surface area (Å²) >= 11 is 3.27. The Bertz CT molecular complexity index is 528. The first-order valence-electron chi connectivity index (χ1n) is 7.54. The van der Waals surface area contributed by atoms with Gasteiger partial charge in [0.05, 0.1) is 9.40 Å². The number of nitro groups is 1. The van der Waals surface area contributed by atoms with Crippen molar-refractivity contribution in [2.24, 2.45) is 5.92 Å². The maximum Gasteiger partial charge on any atom is 0.283 e. The fraction of sp³-hybridized carbons (Fsp3) is 0.600. The van der Waals surface area contributed by atoms with E-state index in [-0.39, 0.29) is 10.6 Å². The first kappa shape index (κ1) is 14.9. The van der Waals surface area contributed by atoms with Crippen molar-refractivity contribution in [2.45, 2.75) is 25.3 Å². The summed E-state index contributed by atoms with van der Waals surface area (Å²) in [5.74, 6) is 0.799. The smallest absolute Gasteiger partial charge is 0.283 e. The SMILES string of the molecule is O=[N+]([O-])c1cc([C@@H](CC2CC2)N2CCNCC2)ccc1Br. The van der Waals surface area contributed by atoms with Gasteiger partial charge in [0.2, 0.25) is 0 Å². The van der Waals surface area contributed by atoms with Crippen LogP contribution in [-0.2, 0) is 0 Å².